The molecule has 5 heteroatoms. The Kier molecular flexibility index (Phi) is 5.03. The number of rotatable bonds is 3. The molecule has 0 N–H and O–H groups in total. The maximum absolute atomic E-state index is 15.4. The van der Waals surface area contributed by atoms with Crippen LogP contribution in [0.5, 0.6) is 0 Å². The molecule has 4 aliphatic rings. The van der Waals surface area contributed by atoms with Crippen LogP contribution < -0.4 is 0 Å². The monoisotopic (exact) mass is 411 g/mol. The number of hydrogen-bond donors (Lipinski definition) is 0. The van der Waals surface area contributed by atoms with Crippen molar-refractivity contribution in [3.63, 3.8) is 0 Å². The van der Waals surface area contributed by atoms with E-state index in [0.29, 0.717) is 23.8 Å². The summed E-state index contributed by atoms with van der Waals surface area (Å²) in [6.45, 7) is 4.68. The lowest BCUT2D eigenvalue weighted by Gasteiger charge is -2.56. The van der Waals surface area contributed by atoms with Crippen LogP contribution in [0.3, 0.4) is 0 Å². The van der Waals surface area contributed by atoms with Crippen molar-refractivity contribution in [3.05, 3.63) is 18.0 Å². The summed E-state index contributed by atoms with van der Waals surface area (Å²) in [5, 5.41) is 13.1. The van der Waals surface area contributed by atoms with Crippen LogP contribution in [0.15, 0.2) is 12.4 Å². The summed E-state index contributed by atoms with van der Waals surface area (Å²) in [5.41, 5.74) is 0.215. The van der Waals surface area contributed by atoms with Gasteiger partial charge in [-0.05, 0) is 85.9 Å². The molecule has 0 amide bonds. The summed E-state index contributed by atoms with van der Waals surface area (Å²) in [6, 6.07) is 2.04. The first-order valence-corrected chi connectivity index (χ1v) is 12.0. The second kappa shape index (κ2) is 7.46. The van der Waals surface area contributed by atoms with Crippen LogP contribution in [0.2, 0.25) is 0 Å². The lowest BCUT2D eigenvalue weighted by atomic mass is 9.49. The molecule has 30 heavy (non-hydrogen) atoms. The number of aromatic nitrogens is 2. The van der Waals surface area contributed by atoms with Gasteiger partial charge in [-0.25, -0.2) is 4.39 Å². The van der Waals surface area contributed by atoms with E-state index in [9.17, 15) is 4.79 Å². The van der Waals surface area contributed by atoms with Crippen molar-refractivity contribution < 1.29 is 9.18 Å². The Bertz CT molecular complexity index is 859. The number of fused-ring (bicyclic) bond motifs is 5. The van der Waals surface area contributed by atoms with Crippen molar-refractivity contribution >= 4 is 5.78 Å². The number of carbonyl (C=O) groups is 1. The number of alkyl halides is 1. The van der Waals surface area contributed by atoms with Crippen LogP contribution in [0.4, 0.5) is 4.39 Å². The molecule has 1 aromatic heterocycles. The van der Waals surface area contributed by atoms with E-state index in [4.69, 9.17) is 5.26 Å². The van der Waals surface area contributed by atoms with Crippen molar-refractivity contribution in [3.8, 4) is 6.07 Å². The fraction of sp³-hybridized carbons (Fsp3) is 0.800. The van der Waals surface area contributed by atoms with Crippen LogP contribution >= 0.6 is 0 Å². The molecule has 1 aromatic rings. The Balaban J connectivity index is 1.35. The van der Waals surface area contributed by atoms with Gasteiger partial charge in [-0.15, -0.1) is 0 Å². The molecule has 9 atom stereocenters. The van der Waals surface area contributed by atoms with E-state index in [2.05, 4.69) is 18.9 Å². The highest BCUT2D eigenvalue weighted by Gasteiger charge is 2.61. The molecule has 0 bridgehead atoms. The van der Waals surface area contributed by atoms with Gasteiger partial charge in [0.1, 0.15) is 12.2 Å². The van der Waals surface area contributed by atoms with E-state index in [-0.39, 0.29) is 17.7 Å². The van der Waals surface area contributed by atoms with Gasteiger partial charge in [0.15, 0.2) is 5.78 Å². The van der Waals surface area contributed by atoms with Crippen molar-refractivity contribution in [2.24, 2.45) is 46.8 Å². The molecule has 0 radical (unpaired) electrons. The lowest BCUT2D eigenvalue weighted by molar-refractivity contribution is -0.133. The molecule has 0 aliphatic heterocycles. The quantitative estimate of drug-likeness (QED) is 0.689. The molecule has 162 valence electrons. The second-order valence-electron chi connectivity index (χ2n) is 11.1. The highest BCUT2D eigenvalue weighted by Crippen LogP contribution is 2.65. The van der Waals surface area contributed by atoms with Crippen molar-refractivity contribution in [2.75, 3.05) is 0 Å². The zero-order chi connectivity index (χ0) is 21.0. The van der Waals surface area contributed by atoms with Gasteiger partial charge >= 0.3 is 0 Å². The minimum atomic E-state index is -1.04. The first-order valence-electron chi connectivity index (χ1n) is 12.0. The summed E-state index contributed by atoms with van der Waals surface area (Å²) in [5.74, 6) is 3.71. The molecule has 4 saturated carbocycles. The molecule has 0 spiro atoms. The average Bonchev–Trinajstić information content (AvgIpc) is 3.27. The van der Waals surface area contributed by atoms with Crippen LogP contribution in [-0.4, -0.2) is 21.7 Å². The van der Waals surface area contributed by atoms with Gasteiger partial charge in [-0.3, -0.25) is 9.48 Å². The Morgan fingerprint density at radius 2 is 2.03 bits per heavy atom. The summed E-state index contributed by atoms with van der Waals surface area (Å²) >= 11 is 0. The number of carbonyl (C=O) groups excluding carboxylic acids is 1. The molecule has 0 saturated heterocycles. The molecule has 4 fully saturated rings. The first kappa shape index (κ1) is 20.2. The van der Waals surface area contributed by atoms with E-state index in [1.165, 1.54) is 49.4 Å². The van der Waals surface area contributed by atoms with Crippen LogP contribution in [0.25, 0.3) is 0 Å². The standard InChI is InChI=1S/C25H34FN3O/c1-15-3-5-18-17(9-15)4-6-20-19(18)7-8-25(2)21(20)10-22(26)24(25)23(30)14-29-13-16(11-27)12-28-29/h12-13,15,17-22,24H,3-10,14H2,1-2H3/t15-,17+,18-,19?,20?,21?,22+,24?,25-/m0/s1. The summed E-state index contributed by atoms with van der Waals surface area (Å²) < 4.78 is 16.9. The molecular formula is C25H34FN3O. The van der Waals surface area contributed by atoms with Crippen molar-refractivity contribution in [2.45, 2.75) is 77.9 Å². The average molecular weight is 412 g/mol. The normalized spacial score (nSPS) is 45.1. The highest BCUT2D eigenvalue weighted by atomic mass is 19.1. The number of halogens is 1. The molecule has 0 aromatic carbocycles. The van der Waals surface area contributed by atoms with Crippen LogP contribution in [0.1, 0.15) is 70.8 Å². The number of Topliss-reactive ketones (excluding diaryl/α,β-unsaturated/α-hetero) is 1. The minimum Gasteiger partial charge on any atom is -0.297 e. The van der Waals surface area contributed by atoms with Gasteiger partial charge in [0, 0.05) is 6.20 Å². The fourth-order valence-corrected chi connectivity index (χ4v) is 8.39. The number of nitrogens with zero attached hydrogens (tertiary/aromatic N) is 3. The molecule has 4 unspecified atom stereocenters. The van der Waals surface area contributed by atoms with E-state index >= 15 is 4.39 Å². The third-order valence-corrected chi connectivity index (χ3v) is 9.63. The Hall–Kier alpha value is -1.70. The largest absolute Gasteiger partial charge is 0.297 e. The van der Waals surface area contributed by atoms with Gasteiger partial charge < -0.3 is 0 Å². The third-order valence-electron chi connectivity index (χ3n) is 9.63. The fourth-order valence-electron chi connectivity index (χ4n) is 8.39. The van der Waals surface area contributed by atoms with E-state index in [1.54, 1.807) is 6.20 Å². The maximum atomic E-state index is 15.4. The Morgan fingerprint density at radius 3 is 2.80 bits per heavy atom. The third kappa shape index (κ3) is 3.13. The Morgan fingerprint density at radius 1 is 1.23 bits per heavy atom. The van der Waals surface area contributed by atoms with Gasteiger partial charge in [0.2, 0.25) is 0 Å². The van der Waals surface area contributed by atoms with Gasteiger partial charge in [-0.2, -0.15) is 10.4 Å². The van der Waals surface area contributed by atoms with Gasteiger partial charge in [0.25, 0.3) is 0 Å². The second-order valence-corrected chi connectivity index (χ2v) is 11.1. The highest BCUT2D eigenvalue weighted by molar-refractivity contribution is 5.82. The minimum absolute atomic E-state index is 0.0429. The molecule has 5 rings (SSSR count). The van der Waals surface area contributed by atoms with Gasteiger partial charge in [-0.1, -0.05) is 20.3 Å². The number of nitriles is 1. The van der Waals surface area contributed by atoms with Crippen LogP contribution in [-0.2, 0) is 11.3 Å². The predicted octanol–water partition coefficient (Wildman–Crippen LogP) is 5.18. The SMILES string of the molecule is C[C@H]1CC[C@@H]2C3CC[C@@]4(C)C(C[C@@H](F)C4C(=O)Cn4cc(C#N)cn4)C3CC[C@@H]2C1. The molecule has 1 heterocycles. The predicted molar refractivity (Wildman–Crippen MR) is 112 cm³/mol. The van der Waals surface area contributed by atoms with Gasteiger partial charge in [0.05, 0.1) is 24.2 Å². The number of hydrogen-bond acceptors (Lipinski definition) is 3. The Labute approximate surface area is 179 Å². The summed E-state index contributed by atoms with van der Waals surface area (Å²) in [7, 11) is 0. The van der Waals surface area contributed by atoms with Crippen molar-refractivity contribution in [1.82, 2.24) is 9.78 Å². The van der Waals surface area contributed by atoms with Crippen LogP contribution in [0, 0.1) is 58.2 Å². The summed E-state index contributed by atoms with van der Waals surface area (Å²) in [6.07, 6.45) is 11.4. The maximum Gasteiger partial charge on any atom is 0.160 e. The topological polar surface area (TPSA) is 58.7 Å². The van der Waals surface area contributed by atoms with E-state index in [0.717, 1.165) is 30.1 Å². The molecule has 4 aliphatic carbocycles. The van der Waals surface area contributed by atoms with Crippen molar-refractivity contribution in [1.29, 1.82) is 5.26 Å². The molecular weight excluding hydrogens is 377 g/mol. The zero-order valence-electron chi connectivity index (χ0n) is 18.3. The molecule has 4 nitrogen and oxygen atoms in total. The zero-order valence-corrected chi connectivity index (χ0v) is 18.3. The van der Waals surface area contributed by atoms with E-state index < -0.39 is 12.1 Å². The first-order chi connectivity index (χ1) is 14.4. The van der Waals surface area contributed by atoms with E-state index in [1.807, 2.05) is 6.07 Å². The number of ketones is 1. The summed E-state index contributed by atoms with van der Waals surface area (Å²) in [4.78, 5) is 13.2. The smallest absolute Gasteiger partial charge is 0.160 e. The lowest BCUT2D eigenvalue weighted by Crippen LogP contribution is -2.49.